The Bertz CT molecular complexity index is 995. The maximum Gasteiger partial charge on any atom is 0.270 e. The van der Waals surface area contributed by atoms with E-state index in [0.29, 0.717) is 25.8 Å². The van der Waals surface area contributed by atoms with Crippen LogP contribution in [0.2, 0.25) is 0 Å². The molecular weight excluding hydrogens is 444 g/mol. The van der Waals surface area contributed by atoms with E-state index in [4.69, 9.17) is 0 Å². The molecule has 1 unspecified atom stereocenters. The van der Waals surface area contributed by atoms with E-state index in [-0.39, 0.29) is 17.6 Å². The molecule has 35 heavy (non-hydrogen) atoms. The van der Waals surface area contributed by atoms with Crippen LogP contribution >= 0.6 is 0 Å². The Morgan fingerprint density at radius 3 is 2.43 bits per heavy atom. The fraction of sp³-hybridized carbons (Fsp3) is 0.481. The van der Waals surface area contributed by atoms with Crippen LogP contribution in [0.15, 0.2) is 54.7 Å². The van der Waals surface area contributed by atoms with Crippen molar-refractivity contribution in [1.82, 2.24) is 20.5 Å². The van der Waals surface area contributed by atoms with Crippen molar-refractivity contribution in [3.05, 3.63) is 66.0 Å². The van der Waals surface area contributed by atoms with E-state index >= 15 is 0 Å². The summed E-state index contributed by atoms with van der Waals surface area (Å²) >= 11 is 0. The summed E-state index contributed by atoms with van der Waals surface area (Å²) in [5.41, 5.74) is 1.13. The molecule has 3 N–H and O–H groups in total. The van der Waals surface area contributed by atoms with E-state index in [0.717, 1.165) is 31.2 Å². The van der Waals surface area contributed by atoms with Crippen molar-refractivity contribution in [2.75, 3.05) is 6.54 Å². The number of aliphatic hydroxyl groups excluding tert-OH is 1. The molecule has 1 aliphatic carbocycles. The van der Waals surface area contributed by atoms with Crippen LogP contribution in [-0.2, 0) is 16.0 Å². The number of amides is 3. The SMILES string of the molecule is O=C(N[C@@H](Cc1ccccc1)C(=O)N1CCC[C@H]1C(O)C(=O)NC1CCCCC1)c1ccccn1. The van der Waals surface area contributed by atoms with E-state index in [9.17, 15) is 19.5 Å². The van der Waals surface area contributed by atoms with Gasteiger partial charge in [-0.05, 0) is 43.4 Å². The molecule has 1 aromatic heterocycles. The highest BCUT2D eigenvalue weighted by Gasteiger charge is 2.40. The Balaban J connectivity index is 1.48. The van der Waals surface area contributed by atoms with Crippen LogP contribution in [-0.4, -0.2) is 63.5 Å². The van der Waals surface area contributed by atoms with Crippen molar-refractivity contribution in [2.24, 2.45) is 0 Å². The van der Waals surface area contributed by atoms with Crippen LogP contribution in [0, 0.1) is 0 Å². The molecule has 1 aromatic carbocycles. The second kappa shape index (κ2) is 11.9. The molecule has 3 atom stereocenters. The molecule has 1 aliphatic heterocycles. The van der Waals surface area contributed by atoms with Gasteiger partial charge in [0.25, 0.3) is 11.8 Å². The molecule has 0 spiro atoms. The lowest BCUT2D eigenvalue weighted by molar-refractivity contribution is -0.141. The van der Waals surface area contributed by atoms with Gasteiger partial charge in [-0.25, -0.2) is 0 Å². The van der Waals surface area contributed by atoms with Crippen LogP contribution in [0.4, 0.5) is 0 Å². The summed E-state index contributed by atoms with van der Waals surface area (Å²) in [5.74, 6) is -1.16. The lowest BCUT2D eigenvalue weighted by atomic mass is 9.95. The van der Waals surface area contributed by atoms with Crippen LogP contribution in [0.3, 0.4) is 0 Å². The van der Waals surface area contributed by atoms with Gasteiger partial charge in [0.2, 0.25) is 5.91 Å². The number of aromatic nitrogens is 1. The highest BCUT2D eigenvalue weighted by Crippen LogP contribution is 2.24. The number of aliphatic hydroxyl groups is 1. The van der Waals surface area contributed by atoms with Gasteiger partial charge in [-0.2, -0.15) is 0 Å². The first kappa shape index (κ1) is 24.9. The van der Waals surface area contributed by atoms with Crippen LogP contribution in [0.1, 0.15) is 61.0 Å². The lowest BCUT2D eigenvalue weighted by Crippen LogP contribution is -2.56. The highest BCUT2D eigenvalue weighted by molar-refractivity contribution is 5.96. The third-order valence-electron chi connectivity index (χ3n) is 6.95. The van der Waals surface area contributed by atoms with Gasteiger partial charge in [-0.3, -0.25) is 19.4 Å². The average molecular weight is 479 g/mol. The molecule has 2 fully saturated rings. The summed E-state index contributed by atoms with van der Waals surface area (Å²) in [6.07, 6.45) is 6.92. The minimum absolute atomic E-state index is 0.0833. The Morgan fingerprint density at radius 1 is 0.971 bits per heavy atom. The van der Waals surface area contributed by atoms with Gasteiger partial charge in [0, 0.05) is 25.2 Å². The minimum Gasteiger partial charge on any atom is -0.381 e. The Kier molecular flexibility index (Phi) is 8.47. The van der Waals surface area contributed by atoms with Crippen molar-refractivity contribution in [2.45, 2.75) is 75.6 Å². The van der Waals surface area contributed by atoms with Crippen LogP contribution < -0.4 is 10.6 Å². The standard InChI is InChI=1S/C27H34N4O4/c32-24(26(34)29-20-12-5-2-6-13-20)23-15-9-17-31(23)27(35)22(18-19-10-3-1-4-11-19)30-25(33)21-14-7-8-16-28-21/h1,3-4,7-8,10-11,14,16,20,22-24,32H,2,5-6,9,12-13,15,17-18H2,(H,29,34)(H,30,33)/t22-,23-,24?/m0/s1. The molecule has 8 nitrogen and oxygen atoms in total. The first-order valence-electron chi connectivity index (χ1n) is 12.6. The van der Waals surface area contributed by atoms with Crippen molar-refractivity contribution in [3.63, 3.8) is 0 Å². The van der Waals surface area contributed by atoms with E-state index in [1.807, 2.05) is 30.3 Å². The van der Waals surface area contributed by atoms with Gasteiger partial charge in [0.05, 0.1) is 6.04 Å². The van der Waals surface area contributed by atoms with Gasteiger partial charge in [0.1, 0.15) is 11.7 Å². The maximum atomic E-state index is 13.7. The number of nitrogens with one attached hydrogen (secondary N) is 2. The summed E-state index contributed by atoms with van der Waals surface area (Å²) in [6, 6.07) is 13.1. The molecule has 4 rings (SSSR count). The Morgan fingerprint density at radius 2 is 1.71 bits per heavy atom. The number of likely N-dealkylation sites (tertiary alicyclic amines) is 1. The number of carbonyl (C=O) groups is 3. The Labute approximate surface area is 206 Å². The zero-order valence-corrected chi connectivity index (χ0v) is 19.9. The summed E-state index contributed by atoms with van der Waals surface area (Å²) in [6.45, 7) is 0.433. The summed E-state index contributed by atoms with van der Waals surface area (Å²) in [5, 5.41) is 16.7. The molecule has 0 radical (unpaired) electrons. The molecule has 2 aliphatic rings. The molecule has 2 aromatic rings. The van der Waals surface area contributed by atoms with E-state index in [1.54, 1.807) is 23.1 Å². The number of rotatable bonds is 8. The van der Waals surface area contributed by atoms with Gasteiger partial charge in [-0.15, -0.1) is 0 Å². The monoisotopic (exact) mass is 478 g/mol. The predicted molar refractivity (Wildman–Crippen MR) is 131 cm³/mol. The van der Waals surface area contributed by atoms with E-state index in [2.05, 4.69) is 15.6 Å². The molecular formula is C27H34N4O4. The molecule has 1 saturated carbocycles. The molecule has 2 heterocycles. The van der Waals surface area contributed by atoms with Crippen molar-refractivity contribution in [1.29, 1.82) is 0 Å². The summed E-state index contributed by atoms with van der Waals surface area (Å²) in [7, 11) is 0. The van der Waals surface area contributed by atoms with Crippen LogP contribution in [0.5, 0.6) is 0 Å². The molecule has 1 saturated heterocycles. The number of pyridine rings is 1. The first-order valence-corrected chi connectivity index (χ1v) is 12.6. The topological polar surface area (TPSA) is 112 Å². The molecule has 186 valence electrons. The fourth-order valence-corrected chi connectivity index (χ4v) is 5.08. The second-order valence-electron chi connectivity index (χ2n) is 9.46. The Hall–Kier alpha value is -3.26. The largest absolute Gasteiger partial charge is 0.381 e. The molecule has 3 amide bonds. The number of hydrogen-bond acceptors (Lipinski definition) is 5. The number of nitrogens with zero attached hydrogens (tertiary/aromatic N) is 2. The predicted octanol–water partition coefficient (Wildman–Crippen LogP) is 2.22. The van der Waals surface area contributed by atoms with E-state index in [1.165, 1.54) is 12.6 Å². The smallest absolute Gasteiger partial charge is 0.270 e. The second-order valence-corrected chi connectivity index (χ2v) is 9.46. The fourth-order valence-electron chi connectivity index (χ4n) is 5.08. The third-order valence-corrected chi connectivity index (χ3v) is 6.95. The quantitative estimate of drug-likeness (QED) is 0.539. The van der Waals surface area contributed by atoms with Crippen molar-refractivity contribution >= 4 is 17.7 Å². The van der Waals surface area contributed by atoms with Crippen LogP contribution in [0.25, 0.3) is 0 Å². The average Bonchev–Trinajstić information content (AvgIpc) is 3.39. The first-order chi connectivity index (χ1) is 17.0. The van der Waals surface area contributed by atoms with Gasteiger partial charge >= 0.3 is 0 Å². The maximum absolute atomic E-state index is 13.7. The van der Waals surface area contributed by atoms with Crippen molar-refractivity contribution in [3.8, 4) is 0 Å². The molecule has 0 bridgehead atoms. The van der Waals surface area contributed by atoms with Crippen molar-refractivity contribution < 1.29 is 19.5 Å². The minimum atomic E-state index is -1.30. The zero-order chi connectivity index (χ0) is 24.6. The number of hydrogen-bond donors (Lipinski definition) is 3. The van der Waals surface area contributed by atoms with Gasteiger partial charge in [-0.1, -0.05) is 55.7 Å². The zero-order valence-electron chi connectivity index (χ0n) is 19.9. The van der Waals surface area contributed by atoms with E-state index < -0.39 is 30.0 Å². The normalized spacial score (nSPS) is 20.1. The van der Waals surface area contributed by atoms with Gasteiger partial charge < -0.3 is 20.6 Å². The molecule has 8 heteroatoms. The van der Waals surface area contributed by atoms with Gasteiger partial charge in [0.15, 0.2) is 6.10 Å². The summed E-state index contributed by atoms with van der Waals surface area (Å²) < 4.78 is 0. The number of carbonyl (C=O) groups excluding carboxylic acids is 3. The summed E-state index contributed by atoms with van der Waals surface area (Å²) in [4.78, 5) is 45.0. The number of benzene rings is 1. The lowest BCUT2D eigenvalue weighted by Gasteiger charge is -2.32. The highest BCUT2D eigenvalue weighted by atomic mass is 16.3. The third kappa shape index (κ3) is 6.45.